The van der Waals surface area contributed by atoms with Crippen molar-refractivity contribution in [1.82, 2.24) is 0 Å². The number of thiophene rings is 2. The quantitative estimate of drug-likeness (QED) is 0.160. The molecule has 1 aliphatic carbocycles. The van der Waals surface area contributed by atoms with Gasteiger partial charge in [0.15, 0.2) is 0 Å². The zero-order valence-electron chi connectivity index (χ0n) is 39.4. The third-order valence-corrected chi connectivity index (χ3v) is 17.1. The zero-order chi connectivity index (χ0) is 45.7. The molecule has 4 heteroatoms. The number of rotatable bonds is 7. The van der Waals surface area contributed by atoms with Gasteiger partial charge in [-0.25, -0.2) is 0 Å². The molecule has 67 heavy (non-hydrogen) atoms. The number of hydrogen-bond acceptors (Lipinski definition) is 4. The molecule has 1 N–H and O–H groups in total. The fourth-order valence-corrected chi connectivity index (χ4v) is 13.6. The molecule has 0 fully saturated rings. The number of benzene rings is 9. The Hall–Kier alpha value is -6.72. The average molecular weight is 903 g/mol. The van der Waals surface area contributed by atoms with E-state index in [0.29, 0.717) is 0 Å². The molecule has 2 aromatic heterocycles. The molecule has 0 saturated heterocycles. The van der Waals surface area contributed by atoms with Crippen LogP contribution in [0.1, 0.15) is 71.7 Å². The second-order valence-electron chi connectivity index (χ2n) is 19.6. The molecule has 9 aromatic carbocycles. The molecule has 11 aromatic rings. The van der Waals surface area contributed by atoms with Crippen molar-refractivity contribution in [2.75, 3.05) is 10.2 Å². The largest absolute Gasteiger partial charge is 0.354 e. The highest BCUT2D eigenvalue weighted by molar-refractivity contribution is 7.26. The monoisotopic (exact) mass is 902 g/mol. The van der Waals surface area contributed by atoms with Gasteiger partial charge in [-0.3, -0.25) is 0 Å². The molecule has 328 valence electrons. The van der Waals surface area contributed by atoms with E-state index < -0.39 is 0 Å². The number of anilines is 5. The summed E-state index contributed by atoms with van der Waals surface area (Å²) in [5.41, 5.74) is 17.9. The first-order valence-corrected chi connectivity index (χ1v) is 25.5. The third-order valence-electron chi connectivity index (χ3n) is 14.6. The fourth-order valence-electron chi connectivity index (χ4n) is 11.2. The summed E-state index contributed by atoms with van der Waals surface area (Å²) in [5.74, 6) is 0. The summed E-state index contributed by atoms with van der Waals surface area (Å²) in [5, 5.41) is 14.5. The minimum atomic E-state index is -0.0584. The molecule has 2 heterocycles. The van der Waals surface area contributed by atoms with E-state index in [1.54, 1.807) is 0 Å². The first-order valence-electron chi connectivity index (χ1n) is 23.8. The molecule has 0 amide bonds. The Labute approximate surface area is 401 Å². The van der Waals surface area contributed by atoms with Gasteiger partial charge >= 0.3 is 0 Å². The van der Waals surface area contributed by atoms with E-state index in [1.807, 2.05) is 22.7 Å². The molecule has 0 atom stereocenters. The number of hydrogen-bond donors (Lipinski definition) is 1. The van der Waals surface area contributed by atoms with Crippen LogP contribution in [0.2, 0.25) is 0 Å². The second-order valence-corrected chi connectivity index (χ2v) is 21.7. The van der Waals surface area contributed by atoms with E-state index in [1.165, 1.54) is 129 Å². The van der Waals surface area contributed by atoms with Crippen molar-refractivity contribution in [3.63, 3.8) is 0 Å². The molecule has 12 rings (SSSR count). The predicted molar refractivity (Wildman–Crippen MR) is 296 cm³/mol. The van der Waals surface area contributed by atoms with Crippen molar-refractivity contribution in [3.8, 4) is 0 Å². The number of aryl methyl sites for hydroxylation is 6. The summed E-state index contributed by atoms with van der Waals surface area (Å²) in [7, 11) is 0. The highest BCUT2D eigenvalue weighted by Gasteiger charge is 2.35. The van der Waals surface area contributed by atoms with Gasteiger partial charge in [0.05, 0.1) is 26.5 Å². The molecular weight excluding hydrogens is 849 g/mol. The number of nitrogens with one attached hydrogen (secondary N) is 1. The lowest BCUT2D eigenvalue weighted by Crippen LogP contribution is -2.22. The summed E-state index contributed by atoms with van der Waals surface area (Å²) < 4.78 is 5.23. The van der Waals surface area contributed by atoms with Gasteiger partial charge in [-0.15, -0.1) is 22.7 Å². The van der Waals surface area contributed by atoms with E-state index in [9.17, 15) is 0 Å². The van der Waals surface area contributed by atoms with Crippen molar-refractivity contribution < 1.29 is 0 Å². The zero-order valence-corrected chi connectivity index (χ0v) is 41.0. The average Bonchev–Trinajstić information content (AvgIpc) is 3.91. The Balaban J connectivity index is 1.20. The summed E-state index contributed by atoms with van der Waals surface area (Å²) in [6.45, 7) is 16.2. The van der Waals surface area contributed by atoms with Gasteiger partial charge in [-0.05, 0) is 156 Å². The van der Waals surface area contributed by atoms with Crippen LogP contribution in [0.15, 0.2) is 152 Å². The van der Waals surface area contributed by atoms with Crippen molar-refractivity contribution in [2.24, 2.45) is 5.41 Å². The first-order chi connectivity index (χ1) is 32.5. The Morgan fingerprint density at radius 2 is 1.22 bits per heavy atom. The van der Waals surface area contributed by atoms with E-state index >= 15 is 0 Å². The lowest BCUT2D eigenvalue weighted by atomic mass is 9.68. The summed E-state index contributed by atoms with van der Waals surface area (Å²) in [6.07, 6.45) is 5.52. The topological polar surface area (TPSA) is 15.3 Å². The Morgan fingerprint density at radius 1 is 0.567 bits per heavy atom. The van der Waals surface area contributed by atoms with Gasteiger partial charge in [-0.1, -0.05) is 141 Å². The number of nitrogens with zero attached hydrogens (tertiary/aromatic N) is 1. The highest BCUT2D eigenvalue weighted by atomic mass is 32.1. The van der Waals surface area contributed by atoms with E-state index in [4.69, 9.17) is 0 Å². The lowest BCUT2D eigenvalue weighted by Gasteiger charge is -2.38. The van der Waals surface area contributed by atoms with Crippen LogP contribution in [0, 0.1) is 33.1 Å². The van der Waals surface area contributed by atoms with Gasteiger partial charge in [0.25, 0.3) is 0 Å². The SMILES string of the molecule is CCc1cc(Nc2cccc3c2sc2ccccc23)cc2c1ccc1c(N(c3ccc(C)cc3C)c3cccc4c3sc3ccccc34)cc3c(c12)/C(=C/c1ccc(C)cc1C)C(C)(C)CC3. The maximum atomic E-state index is 4.02. The predicted octanol–water partition coefficient (Wildman–Crippen LogP) is 19.3. The van der Waals surface area contributed by atoms with Gasteiger partial charge in [-0.2, -0.15) is 0 Å². The lowest BCUT2D eigenvalue weighted by molar-refractivity contribution is 0.446. The number of fused-ring (bicyclic) bond motifs is 11. The Bertz CT molecular complexity index is 3860. The summed E-state index contributed by atoms with van der Waals surface area (Å²) in [4.78, 5) is 2.61. The van der Waals surface area contributed by atoms with Gasteiger partial charge in [0.2, 0.25) is 0 Å². The van der Waals surface area contributed by atoms with Crippen LogP contribution in [0.5, 0.6) is 0 Å². The molecule has 0 unspecified atom stereocenters. The smallest absolute Gasteiger partial charge is 0.0640 e. The Morgan fingerprint density at radius 3 is 1.96 bits per heavy atom. The molecule has 0 saturated carbocycles. The Kier molecular flexibility index (Phi) is 9.94. The third kappa shape index (κ3) is 6.87. The minimum absolute atomic E-state index is 0.0584. The molecule has 1 aliphatic rings. The fraction of sp³-hybridized carbons (Fsp3) is 0.175. The normalized spacial score (nSPS) is 14.3. The molecular formula is C63H54N2S2. The van der Waals surface area contributed by atoms with Crippen molar-refractivity contribution in [2.45, 2.75) is 67.7 Å². The minimum Gasteiger partial charge on any atom is -0.354 e. The van der Waals surface area contributed by atoms with Crippen LogP contribution in [0.4, 0.5) is 28.4 Å². The van der Waals surface area contributed by atoms with Crippen LogP contribution < -0.4 is 10.2 Å². The van der Waals surface area contributed by atoms with E-state index in [2.05, 4.69) is 216 Å². The van der Waals surface area contributed by atoms with E-state index in [-0.39, 0.29) is 5.41 Å². The summed E-state index contributed by atoms with van der Waals surface area (Å²) in [6, 6.07) is 57.6. The van der Waals surface area contributed by atoms with Gasteiger partial charge in [0.1, 0.15) is 0 Å². The van der Waals surface area contributed by atoms with E-state index in [0.717, 1.165) is 30.6 Å². The van der Waals surface area contributed by atoms with Gasteiger partial charge in [0, 0.05) is 47.7 Å². The van der Waals surface area contributed by atoms with Crippen LogP contribution in [0.3, 0.4) is 0 Å². The second kappa shape index (κ2) is 16.0. The standard InChI is InChI=1S/C63H54N2S2/c1-8-41-33-44(64-53-19-13-17-48-46-15-9-11-21-57(46)66-61(48)53)36-51-45(41)26-27-50-56(35-43-29-30-63(6,7)52(59(43)60(50)51)34-42-25-23-37(2)31-39(42)4)65(54-28-24-38(3)32-40(54)5)55-20-14-18-49-47-16-10-12-22-58(47)67-62(49)55/h9-28,31-36,64H,8,29-30H2,1-7H3/b52-34-. The highest BCUT2D eigenvalue weighted by Crippen LogP contribution is 2.55. The molecule has 0 spiro atoms. The van der Waals surface area contributed by atoms with Crippen LogP contribution in [-0.2, 0) is 12.8 Å². The summed E-state index contributed by atoms with van der Waals surface area (Å²) >= 11 is 3.78. The molecule has 0 aliphatic heterocycles. The van der Waals surface area contributed by atoms with Crippen molar-refractivity contribution in [1.29, 1.82) is 0 Å². The maximum Gasteiger partial charge on any atom is 0.0640 e. The van der Waals surface area contributed by atoms with Crippen LogP contribution in [0.25, 0.3) is 73.5 Å². The number of allylic oxidation sites excluding steroid dienone is 1. The van der Waals surface area contributed by atoms with Crippen molar-refractivity contribution in [3.05, 3.63) is 196 Å². The van der Waals surface area contributed by atoms with Crippen LogP contribution in [-0.4, -0.2) is 0 Å². The molecule has 0 radical (unpaired) electrons. The molecule has 2 nitrogen and oxygen atoms in total. The molecule has 0 bridgehead atoms. The van der Waals surface area contributed by atoms with Gasteiger partial charge < -0.3 is 10.2 Å². The van der Waals surface area contributed by atoms with Crippen molar-refractivity contribution >= 4 is 125 Å². The first kappa shape index (κ1) is 41.7. The maximum absolute atomic E-state index is 4.02. The van der Waals surface area contributed by atoms with Crippen LogP contribution >= 0.6 is 22.7 Å².